The molecule has 1 aromatic rings. The van der Waals surface area contributed by atoms with Crippen molar-refractivity contribution in [2.45, 2.75) is 43.4 Å². The number of halogens is 1. The van der Waals surface area contributed by atoms with Crippen molar-refractivity contribution in [1.29, 1.82) is 0 Å². The highest BCUT2D eigenvalue weighted by Crippen LogP contribution is 2.32. The van der Waals surface area contributed by atoms with Crippen LogP contribution in [0.25, 0.3) is 0 Å². The van der Waals surface area contributed by atoms with E-state index in [1.165, 1.54) is 11.8 Å². The van der Waals surface area contributed by atoms with E-state index in [4.69, 9.17) is 5.84 Å². The van der Waals surface area contributed by atoms with Crippen molar-refractivity contribution in [1.82, 2.24) is 5.43 Å². The summed E-state index contributed by atoms with van der Waals surface area (Å²) in [6.45, 7) is 0. The predicted molar refractivity (Wildman–Crippen MR) is 89.5 cm³/mol. The van der Waals surface area contributed by atoms with E-state index in [2.05, 4.69) is 27.4 Å². The summed E-state index contributed by atoms with van der Waals surface area (Å²) in [5.41, 5.74) is 4.10. The molecule has 0 aliphatic heterocycles. The zero-order valence-corrected chi connectivity index (χ0v) is 14.7. The van der Waals surface area contributed by atoms with Crippen LogP contribution in [0.2, 0.25) is 0 Å². The minimum absolute atomic E-state index is 0.105. The first-order valence-corrected chi connectivity index (χ1v) is 10.0. The Labute approximate surface area is 135 Å². The van der Waals surface area contributed by atoms with Gasteiger partial charge in [-0.2, -0.15) is 0 Å². The average molecular weight is 375 g/mol. The maximum Gasteiger partial charge on any atom is 0.150 e. The minimum Gasteiger partial charge on any atom is -0.271 e. The molecule has 2 rings (SSSR count). The summed E-state index contributed by atoms with van der Waals surface area (Å²) < 4.78 is 24.7. The van der Waals surface area contributed by atoms with Crippen molar-refractivity contribution in [2.24, 2.45) is 11.8 Å². The highest BCUT2D eigenvalue weighted by Gasteiger charge is 2.32. The molecule has 0 amide bonds. The van der Waals surface area contributed by atoms with Gasteiger partial charge < -0.3 is 0 Å². The lowest BCUT2D eigenvalue weighted by Crippen LogP contribution is -2.45. The topological polar surface area (TPSA) is 72.2 Å². The number of hydrogen-bond acceptors (Lipinski definition) is 4. The molecule has 0 bridgehead atoms. The van der Waals surface area contributed by atoms with Crippen LogP contribution in [0.4, 0.5) is 0 Å². The van der Waals surface area contributed by atoms with E-state index in [0.29, 0.717) is 12.3 Å². The molecule has 3 atom stereocenters. The molecule has 3 N–H and O–H groups in total. The van der Waals surface area contributed by atoms with Crippen molar-refractivity contribution < 1.29 is 8.42 Å². The van der Waals surface area contributed by atoms with Gasteiger partial charge in [0.05, 0.1) is 5.25 Å². The molecule has 118 valence electrons. The van der Waals surface area contributed by atoms with Crippen LogP contribution in [0.3, 0.4) is 0 Å². The van der Waals surface area contributed by atoms with E-state index in [9.17, 15) is 8.42 Å². The lowest BCUT2D eigenvalue weighted by molar-refractivity contribution is 0.269. The Morgan fingerprint density at radius 1 is 1.38 bits per heavy atom. The van der Waals surface area contributed by atoms with Crippen LogP contribution in [0.15, 0.2) is 28.7 Å². The van der Waals surface area contributed by atoms with Gasteiger partial charge in [-0.1, -0.05) is 40.5 Å². The average Bonchev–Trinajstić information content (AvgIpc) is 2.46. The van der Waals surface area contributed by atoms with Gasteiger partial charge >= 0.3 is 0 Å². The molecule has 3 unspecified atom stereocenters. The lowest BCUT2D eigenvalue weighted by atomic mass is 9.81. The van der Waals surface area contributed by atoms with Crippen LogP contribution in [-0.4, -0.2) is 26.0 Å². The smallest absolute Gasteiger partial charge is 0.150 e. The van der Waals surface area contributed by atoms with Crippen molar-refractivity contribution in [3.05, 3.63) is 34.3 Å². The Kier molecular flexibility index (Phi) is 5.82. The van der Waals surface area contributed by atoms with Crippen molar-refractivity contribution in [3.63, 3.8) is 0 Å². The van der Waals surface area contributed by atoms with Crippen LogP contribution < -0.4 is 11.3 Å². The summed E-state index contributed by atoms with van der Waals surface area (Å²) >= 11 is 3.56. The fraction of sp³-hybridized carbons (Fsp3) is 0.600. The minimum atomic E-state index is -2.96. The van der Waals surface area contributed by atoms with Gasteiger partial charge in [0, 0.05) is 16.8 Å². The molecule has 6 heteroatoms. The molecule has 4 nitrogen and oxygen atoms in total. The SMILES string of the molecule is CS(=O)(=O)C1CCCC(C(Cc2ccccc2Br)NN)C1. The molecular formula is C15H23BrN2O2S. The number of benzene rings is 1. The van der Waals surface area contributed by atoms with Gasteiger partial charge in [-0.05, 0) is 43.2 Å². The van der Waals surface area contributed by atoms with Gasteiger partial charge in [0.2, 0.25) is 0 Å². The monoisotopic (exact) mass is 374 g/mol. The number of nitrogens with two attached hydrogens (primary N) is 1. The number of hydrogen-bond donors (Lipinski definition) is 2. The Morgan fingerprint density at radius 2 is 2.10 bits per heavy atom. The van der Waals surface area contributed by atoms with Crippen LogP contribution in [0.1, 0.15) is 31.2 Å². The second-order valence-corrected chi connectivity index (χ2v) is 9.13. The summed E-state index contributed by atoms with van der Waals surface area (Å²) in [6, 6.07) is 8.19. The summed E-state index contributed by atoms with van der Waals surface area (Å²) in [5.74, 6) is 6.04. The molecule has 1 aliphatic rings. The molecule has 1 aliphatic carbocycles. The number of nitrogens with one attached hydrogen (secondary N) is 1. The van der Waals surface area contributed by atoms with E-state index in [1.54, 1.807) is 0 Å². The highest BCUT2D eigenvalue weighted by molar-refractivity contribution is 9.10. The maximum absolute atomic E-state index is 11.8. The Hall–Kier alpha value is -0.430. The number of rotatable bonds is 5. The van der Waals surface area contributed by atoms with Crippen molar-refractivity contribution >= 4 is 25.8 Å². The van der Waals surface area contributed by atoms with E-state index < -0.39 is 9.84 Å². The molecule has 1 fully saturated rings. The molecular weight excluding hydrogens is 352 g/mol. The Balaban J connectivity index is 2.09. The van der Waals surface area contributed by atoms with Gasteiger partial charge in [-0.3, -0.25) is 11.3 Å². The van der Waals surface area contributed by atoms with Crippen LogP contribution in [0, 0.1) is 5.92 Å². The maximum atomic E-state index is 11.8. The zero-order valence-electron chi connectivity index (χ0n) is 12.3. The Bertz CT molecular complexity index is 577. The van der Waals surface area contributed by atoms with Gasteiger partial charge in [-0.15, -0.1) is 0 Å². The second kappa shape index (κ2) is 7.22. The van der Waals surface area contributed by atoms with E-state index >= 15 is 0 Å². The van der Waals surface area contributed by atoms with Crippen molar-refractivity contribution in [2.75, 3.05) is 6.26 Å². The zero-order chi connectivity index (χ0) is 15.5. The van der Waals surface area contributed by atoms with E-state index in [1.807, 2.05) is 18.2 Å². The lowest BCUT2D eigenvalue weighted by Gasteiger charge is -2.33. The molecule has 0 spiro atoms. The fourth-order valence-electron chi connectivity index (χ4n) is 3.20. The summed E-state index contributed by atoms with van der Waals surface area (Å²) in [6.07, 6.45) is 5.62. The molecule has 0 radical (unpaired) electrons. The quantitative estimate of drug-likeness (QED) is 0.613. The van der Waals surface area contributed by atoms with Crippen molar-refractivity contribution in [3.8, 4) is 0 Å². The molecule has 0 aromatic heterocycles. The molecule has 1 aromatic carbocycles. The van der Waals surface area contributed by atoms with Crippen LogP contribution in [0.5, 0.6) is 0 Å². The molecule has 0 saturated heterocycles. The predicted octanol–water partition coefficient (Wildman–Crippen LogP) is 2.43. The van der Waals surface area contributed by atoms with Gasteiger partial charge in [0.25, 0.3) is 0 Å². The summed E-state index contributed by atoms with van der Waals surface area (Å²) in [7, 11) is -2.96. The van der Waals surface area contributed by atoms with Crippen LogP contribution in [-0.2, 0) is 16.3 Å². The molecule has 0 heterocycles. The fourth-order valence-corrected chi connectivity index (χ4v) is 4.84. The first-order valence-electron chi connectivity index (χ1n) is 7.30. The highest BCUT2D eigenvalue weighted by atomic mass is 79.9. The first kappa shape index (κ1) is 16.9. The van der Waals surface area contributed by atoms with E-state index in [0.717, 1.165) is 30.2 Å². The van der Waals surface area contributed by atoms with Gasteiger partial charge in [0.1, 0.15) is 9.84 Å². The second-order valence-electron chi connectivity index (χ2n) is 5.95. The third-order valence-corrected chi connectivity index (χ3v) is 6.87. The summed E-state index contributed by atoms with van der Waals surface area (Å²) in [5, 5.41) is -0.216. The van der Waals surface area contributed by atoms with Gasteiger partial charge in [0.15, 0.2) is 0 Å². The first-order chi connectivity index (χ1) is 9.91. The number of sulfone groups is 1. The normalized spacial score (nSPS) is 24.7. The summed E-state index contributed by atoms with van der Waals surface area (Å²) in [4.78, 5) is 0. The standard InChI is InChI=1S/C15H23BrN2O2S/c1-21(19,20)13-7-4-6-12(9-13)15(18-17)10-11-5-2-3-8-14(11)16/h2-3,5,8,12-13,15,18H,4,6-7,9-10,17H2,1H3. The Morgan fingerprint density at radius 3 is 2.71 bits per heavy atom. The third-order valence-electron chi connectivity index (χ3n) is 4.45. The van der Waals surface area contributed by atoms with Crippen LogP contribution >= 0.6 is 15.9 Å². The molecule has 21 heavy (non-hydrogen) atoms. The van der Waals surface area contributed by atoms with E-state index in [-0.39, 0.29) is 11.3 Å². The largest absolute Gasteiger partial charge is 0.271 e. The number of hydrazine groups is 1. The molecule has 1 saturated carbocycles. The van der Waals surface area contributed by atoms with Gasteiger partial charge in [-0.25, -0.2) is 8.42 Å². The third kappa shape index (κ3) is 4.52.